The number of likely N-dealkylation sites (tertiary alicyclic amines) is 2. The van der Waals surface area contributed by atoms with Gasteiger partial charge in [-0.25, -0.2) is 4.79 Å². The molecular weight excluding hydrogens is 1190 g/mol. The van der Waals surface area contributed by atoms with Crippen molar-refractivity contribution in [3.63, 3.8) is 0 Å². The fourth-order valence-corrected chi connectivity index (χ4v) is 10.3. The van der Waals surface area contributed by atoms with Gasteiger partial charge in [-0.2, -0.15) is 0 Å². The quantitative estimate of drug-likeness (QED) is 0.0298. The minimum atomic E-state index is -1.81. The van der Waals surface area contributed by atoms with Gasteiger partial charge >= 0.3 is 17.9 Å². The zero-order valence-corrected chi connectivity index (χ0v) is 51.6. The average molecular weight is 1280 g/mol. The van der Waals surface area contributed by atoms with Crippen molar-refractivity contribution in [3.8, 4) is 5.75 Å². The van der Waals surface area contributed by atoms with E-state index in [1.54, 1.807) is 44.2 Å². The molecule has 0 saturated carbocycles. The van der Waals surface area contributed by atoms with Crippen LogP contribution in [0.15, 0.2) is 54.6 Å². The molecule has 10 amide bonds. The van der Waals surface area contributed by atoms with Crippen LogP contribution in [-0.4, -0.2) is 216 Å². The number of benzene rings is 2. The Morgan fingerprint density at radius 2 is 1.07 bits per heavy atom. The number of carbonyl (C=O) groups is 13. The number of hydrogen-bond acceptors (Lipinski definition) is 18. The van der Waals surface area contributed by atoms with Gasteiger partial charge < -0.3 is 94.4 Å². The Hall–Kier alpha value is -8.81. The number of rotatable bonds is 36. The second-order valence-electron chi connectivity index (χ2n) is 23.0. The molecule has 502 valence electrons. The van der Waals surface area contributed by atoms with Gasteiger partial charge in [0.1, 0.15) is 66.2 Å². The Morgan fingerprint density at radius 3 is 1.64 bits per heavy atom. The lowest BCUT2D eigenvalue weighted by molar-refractivity contribution is -0.148. The van der Waals surface area contributed by atoms with Crippen LogP contribution in [0.1, 0.15) is 116 Å². The van der Waals surface area contributed by atoms with Crippen molar-refractivity contribution in [3.05, 3.63) is 65.7 Å². The Kier molecular flexibility index (Phi) is 29.6. The van der Waals surface area contributed by atoms with E-state index in [9.17, 15) is 87.9 Å². The summed E-state index contributed by atoms with van der Waals surface area (Å²) in [5.74, 6) is -14.1. The third kappa shape index (κ3) is 22.9. The third-order valence-electron chi connectivity index (χ3n) is 15.9. The lowest BCUT2D eigenvalue weighted by Crippen LogP contribution is -2.62. The van der Waals surface area contributed by atoms with Crippen LogP contribution in [0.3, 0.4) is 0 Å². The number of aliphatic carboxylic acids is 3. The van der Waals surface area contributed by atoms with Crippen LogP contribution in [0.2, 0.25) is 0 Å². The molecule has 0 radical (unpaired) electrons. The molecule has 2 fully saturated rings. The molecule has 0 aromatic heterocycles. The number of aliphatic hydroxyl groups excluding tert-OH is 2. The number of carbonyl (C=O) groups excluding carboxylic acids is 10. The highest BCUT2D eigenvalue weighted by molar-refractivity contribution is 6.00. The highest BCUT2D eigenvalue weighted by Crippen LogP contribution is 2.27. The van der Waals surface area contributed by atoms with Crippen LogP contribution in [0, 0.1) is 5.92 Å². The first-order valence-electron chi connectivity index (χ1n) is 30.3. The van der Waals surface area contributed by atoms with E-state index in [0.29, 0.717) is 36.8 Å². The summed E-state index contributed by atoms with van der Waals surface area (Å²) in [6, 6.07) is -2.34. The summed E-state index contributed by atoms with van der Waals surface area (Å²) in [5, 5.41) is 79.3. The molecule has 18 N–H and O–H groups in total. The van der Waals surface area contributed by atoms with E-state index in [4.69, 9.17) is 16.6 Å². The number of carboxylic acids is 3. The van der Waals surface area contributed by atoms with E-state index in [1.807, 2.05) is 0 Å². The highest BCUT2D eigenvalue weighted by atomic mass is 16.4. The molecule has 2 saturated heterocycles. The maximum absolute atomic E-state index is 14.9. The fraction of sp³-hybridized carbons (Fsp3) is 0.583. The topological polar surface area (TPSA) is 498 Å². The number of nitrogens with one attached hydrogen (secondary N) is 8. The number of nitrogens with two attached hydrogens (primary N) is 2. The number of hydrogen-bond donors (Lipinski definition) is 16. The molecule has 2 aliphatic rings. The maximum atomic E-state index is 14.9. The van der Waals surface area contributed by atoms with Crippen LogP contribution in [0.4, 0.5) is 0 Å². The minimum absolute atomic E-state index is 0.0155. The molecule has 0 unspecified atom stereocenters. The minimum Gasteiger partial charge on any atom is -0.508 e. The maximum Gasteiger partial charge on any atom is 0.326 e. The number of aliphatic hydroxyl groups is 2. The molecule has 31 heteroatoms. The van der Waals surface area contributed by atoms with Gasteiger partial charge in [0.15, 0.2) is 0 Å². The molecule has 2 aromatic carbocycles. The van der Waals surface area contributed by atoms with Crippen molar-refractivity contribution in [2.24, 2.45) is 17.4 Å². The first-order valence-corrected chi connectivity index (χ1v) is 30.3. The first kappa shape index (κ1) is 74.7. The van der Waals surface area contributed by atoms with Crippen LogP contribution in [-0.2, 0) is 75.2 Å². The normalized spacial score (nSPS) is 18.5. The van der Waals surface area contributed by atoms with Gasteiger partial charge in [-0.05, 0) is 108 Å². The third-order valence-corrected chi connectivity index (χ3v) is 15.9. The highest BCUT2D eigenvalue weighted by Gasteiger charge is 2.45. The summed E-state index contributed by atoms with van der Waals surface area (Å²) in [6.07, 6.45) is -3.88. The van der Waals surface area contributed by atoms with Crippen LogP contribution >= 0.6 is 0 Å². The number of phenols is 1. The van der Waals surface area contributed by atoms with E-state index >= 15 is 0 Å². The Morgan fingerprint density at radius 1 is 0.549 bits per heavy atom. The Labute approximate surface area is 525 Å². The van der Waals surface area contributed by atoms with Gasteiger partial charge in [0, 0.05) is 32.4 Å². The molecule has 2 aliphatic heterocycles. The van der Waals surface area contributed by atoms with Crippen LogP contribution < -0.4 is 54.0 Å². The lowest BCUT2D eigenvalue weighted by atomic mass is 9.99. The molecular formula is C60H88N12O19. The van der Waals surface area contributed by atoms with Gasteiger partial charge in [-0.3, -0.25) is 57.5 Å². The summed E-state index contributed by atoms with van der Waals surface area (Å²) in [5.41, 5.74) is 12.7. The monoisotopic (exact) mass is 1280 g/mol. The van der Waals surface area contributed by atoms with Crippen molar-refractivity contribution >= 4 is 77.0 Å². The van der Waals surface area contributed by atoms with Gasteiger partial charge in [0.2, 0.25) is 59.1 Å². The molecule has 2 heterocycles. The number of phenolic OH excluding ortho intramolecular Hbond substituents is 1. The zero-order chi connectivity index (χ0) is 67.8. The smallest absolute Gasteiger partial charge is 0.326 e. The molecule has 0 bridgehead atoms. The Balaban J connectivity index is 1.57. The number of aromatic hydroxyl groups is 1. The molecule has 14 atom stereocenters. The lowest BCUT2D eigenvalue weighted by Gasteiger charge is -2.34. The van der Waals surface area contributed by atoms with Crippen LogP contribution in [0.5, 0.6) is 5.75 Å². The average Bonchev–Trinajstić information content (AvgIpc) is 1.88. The van der Waals surface area contributed by atoms with Gasteiger partial charge in [-0.15, -0.1) is 0 Å². The van der Waals surface area contributed by atoms with Crippen molar-refractivity contribution < 1.29 is 93.0 Å². The largest absolute Gasteiger partial charge is 0.508 e. The van der Waals surface area contributed by atoms with Crippen LogP contribution in [0.25, 0.3) is 0 Å². The predicted molar refractivity (Wildman–Crippen MR) is 323 cm³/mol. The molecule has 31 nitrogen and oxygen atoms in total. The molecule has 4 rings (SSSR count). The SMILES string of the molecule is CC[C@H](C)[C@H](N)C(=O)N[C@@H](CC(=O)O)C(=O)N[C@@H](C)C(=O)N[C@@H](Cc1ccc(O)cc1)C(=O)N[C@@H](CCCCN)C(=O)N[C@H](C(=O)N[C@@H](Cc1ccccc1)C(=O)N1CCC[C@H]1C(=O)N1CCC[C@H]1C(=O)N[C@H](C(=O)N[C@@H](CCC(=O)O)C(=O)O)[C@@H](C)O)[C@@H](C)O. The van der Waals surface area contributed by atoms with Gasteiger partial charge in [0.05, 0.1) is 24.7 Å². The fourth-order valence-electron chi connectivity index (χ4n) is 10.3. The summed E-state index contributed by atoms with van der Waals surface area (Å²) in [6.45, 7) is 7.27. The molecule has 91 heavy (non-hydrogen) atoms. The van der Waals surface area contributed by atoms with Crippen molar-refractivity contribution in [1.82, 2.24) is 52.3 Å². The summed E-state index contributed by atoms with van der Waals surface area (Å²) >= 11 is 0. The predicted octanol–water partition coefficient (Wildman–Crippen LogP) is -3.25. The number of carboxylic acid groups (broad SMARTS) is 3. The van der Waals surface area contributed by atoms with Crippen molar-refractivity contribution in [1.29, 1.82) is 0 Å². The number of nitrogens with zero attached hydrogens (tertiary/aromatic N) is 2. The Bertz CT molecular complexity index is 2880. The van der Waals surface area contributed by atoms with Gasteiger partial charge in [-0.1, -0.05) is 62.7 Å². The summed E-state index contributed by atoms with van der Waals surface area (Å²) < 4.78 is 0. The second-order valence-corrected chi connectivity index (χ2v) is 23.0. The van der Waals surface area contributed by atoms with Crippen molar-refractivity contribution in [2.75, 3.05) is 19.6 Å². The summed E-state index contributed by atoms with van der Waals surface area (Å²) in [7, 11) is 0. The van der Waals surface area contributed by atoms with E-state index in [2.05, 4.69) is 42.5 Å². The molecule has 0 spiro atoms. The molecule has 2 aromatic rings. The van der Waals surface area contributed by atoms with E-state index in [0.717, 1.165) is 6.92 Å². The van der Waals surface area contributed by atoms with E-state index < -0.39 is 175 Å². The summed E-state index contributed by atoms with van der Waals surface area (Å²) in [4.78, 5) is 177. The standard InChI is InChI=1S/C60H88N12O19/c1-6-31(2)47(62)55(85)67-41(30-46(78)79)52(82)63-32(3)50(80)66-40(28-36-19-21-37(75)22-20-36)53(83)64-38(16-10-11-25-61)51(81)69-48(33(4)73)57(87)68-42(29-35-14-8-7-9-15-35)58(88)72-27-13-18-44(72)59(89)71-26-12-17-43(71)54(84)70-49(34(5)74)56(86)65-39(60(90)91)23-24-45(76)77/h7-9,14-15,19-22,31-34,38-44,47-49,73-75H,6,10-13,16-18,23-30,61-62H2,1-5H3,(H,63,82)(H,64,83)(H,65,86)(H,66,80)(H,67,85)(H,68,87)(H,69,81)(H,70,84)(H,76,77)(H,78,79)(H,90,91)/t31-,32-,33+,34+,38-,39-,40-,41-,42-,43-,44-,47-,48-,49-/m0/s1. The number of unbranched alkanes of at least 4 members (excludes halogenated alkanes) is 1. The van der Waals surface area contributed by atoms with Gasteiger partial charge in [0.25, 0.3) is 0 Å². The van der Waals surface area contributed by atoms with E-state index in [1.165, 1.54) is 47.9 Å². The second kappa shape index (κ2) is 36.1. The number of amides is 10. The first-order chi connectivity index (χ1) is 43.0. The van der Waals surface area contributed by atoms with E-state index in [-0.39, 0.29) is 69.8 Å². The molecule has 0 aliphatic carbocycles. The zero-order valence-electron chi connectivity index (χ0n) is 51.6. The van der Waals surface area contributed by atoms with Crippen molar-refractivity contribution in [2.45, 2.75) is 197 Å².